The van der Waals surface area contributed by atoms with Crippen molar-refractivity contribution in [3.63, 3.8) is 0 Å². The van der Waals surface area contributed by atoms with Gasteiger partial charge in [-0.3, -0.25) is 14.4 Å². The average Bonchev–Trinajstić information content (AvgIpc) is 2.91. The summed E-state index contributed by atoms with van der Waals surface area (Å²) in [4.78, 5) is 49.1. The first-order chi connectivity index (χ1) is 17.9. The normalized spacial score (nSPS) is 17.0. The molecule has 0 unspecified atom stereocenters. The second-order valence-corrected chi connectivity index (χ2v) is 8.66. The number of aromatic carboxylic acids is 1. The van der Waals surface area contributed by atoms with E-state index in [-0.39, 0.29) is 24.3 Å². The van der Waals surface area contributed by atoms with Crippen LogP contribution < -0.4 is 20.7 Å². The number of hydrogen-bond donors (Lipinski definition) is 4. The van der Waals surface area contributed by atoms with E-state index >= 15 is 0 Å². The van der Waals surface area contributed by atoms with Gasteiger partial charge in [-0.25, -0.2) is 4.79 Å². The van der Waals surface area contributed by atoms with E-state index in [1.165, 1.54) is 24.3 Å². The second kappa shape index (κ2) is 11.9. The smallest absolute Gasteiger partial charge is 0.335 e. The van der Waals surface area contributed by atoms with Crippen LogP contribution in [-0.2, 0) is 27.2 Å². The number of β-lactam (4-membered cyclic amide) rings is 1. The van der Waals surface area contributed by atoms with Crippen molar-refractivity contribution in [1.82, 2.24) is 16.0 Å². The van der Waals surface area contributed by atoms with Crippen LogP contribution in [-0.4, -0.2) is 47.1 Å². The molecule has 4 N–H and O–H groups in total. The number of benzene rings is 3. The predicted molar refractivity (Wildman–Crippen MR) is 135 cm³/mol. The Morgan fingerprint density at radius 1 is 0.892 bits per heavy atom. The van der Waals surface area contributed by atoms with E-state index in [0.717, 1.165) is 11.1 Å². The quantitative estimate of drug-likeness (QED) is 0.297. The van der Waals surface area contributed by atoms with Crippen molar-refractivity contribution in [3.05, 3.63) is 102 Å². The molecular formula is C28H27N3O6. The summed E-state index contributed by atoms with van der Waals surface area (Å²) < 4.78 is 5.71. The fourth-order valence-corrected chi connectivity index (χ4v) is 3.90. The molecule has 3 amide bonds. The lowest BCUT2D eigenvalue weighted by Gasteiger charge is -2.37. The van der Waals surface area contributed by atoms with Gasteiger partial charge in [-0.2, -0.15) is 0 Å². The molecule has 0 bridgehead atoms. The monoisotopic (exact) mass is 501 g/mol. The standard InChI is InChI=1S/C28H27N3O6/c32-23(16-11-18-7-3-1-4-8-18)29-22(17-19-9-5-2-6-10-19)25(33)30-24-26(34)31-27(24)37-21-14-12-20(13-15-21)28(35)36/h1-10,12-15,22,24,27H,11,16-17H2,(H,29,32)(H,30,33)(H,31,34)(H,35,36)/t22-,24+,27-/m0/s1. The number of carboxylic acids is 1. The van der Waals surface area contributed by atoms with Crippen molar-refractivity contribution in [2.24, 2.45) is 0 Å². The van der Waals surface area contributed by atoms with Crippen LogP contribution in [0.4, 0.5) is 0 Å². The average molecular weight is 502 g/mol. The summed E-state index contributed by atoms with van der Waals surface area (Å²) in [7, 11) is 0. The van der Waals surface area contributed by atoms with Crippen LogP contribution in [0.25, 0.3) is 0 Å². The first-order valence-electron chi connectivity index (χ1n) is 11.9. The minimum absolute atomic E-state index is 0.0987. The van der Waals surface area contributed by atoms with E-state index in [1.807, 2.05) is 60.7 Å². The Hall–Kier alpha value is -4.66. The summed E-state index contributed by atoms with van der Waals surface area (Å²) in [6.45, 7) is 0. The highest BCUT2D eigenvalue weighted by Crippen LogP contribution is 2.18. The lowest BCUT2D eigenvalue weighted by molar-refractivity contribution is -0.144. The summed E-state index contributed by atoms with van der Waals surface area (Å²) in [6.07, 6.45) is 0.164. The lowest BCUT2D eigenvalue weighted by atomic mass is 10.0. The number of carbonyl (C=O) groups excluding carboxylic acids is 3. The zero-order valence-corrected chi connectivity index (χ0v) is 19.9. The molecule has 9 heteroatoms. The molecule has 1 fully saturated rings. The molecule has 0 aliphatic carbocycles. The molecule has 0 spiro atoms. The molecule has 3 aromatic carbocycles. The van der Waals surface area contributed by atoms with Gasteiger partial charge in [0.2, 0.25) is 18.0 Å². The summed E-state index contributed by atoms with van der Waals surface area (Å²) >= 11 is 0. The highest BCUT2D eigenvalue weighted by molar-refractivity contribution is 5.95. The molecule has 1 aliphatic heterocycles. The van der Waals surface area contributed by atoms with Gasteiger partial charge < -0.3 is 25.8 Å². The fraction of sp³-hybridized carbons (Fsp3) is 0.214. The number of hydrogen-bond acceptors (Lipinski definition) is 5. The summed E-state index contributed by atoms with van der Waals surface area (Å²) in [5, 5.41) is 17.1. The number of carboxylic acid groups (broad SMARTS) is 1. The molecule has 0 aromatic heterocycles. The van der Waals surface area contributed by atoms with Gasteiger partial charge in [-0.15, -0.1) is 0 Å². The number of aryl methyl sites for hydroxylation is 1. The van der Waals surface area contributed by atoms with Crippen LogP contribution in [0.2, 0.25) is 0 Å². The van der Waals surface area contributed by atoms with Crippen LogP contribution in [0, 0.1) is 0 Å². The molecule has 3 aromatic rings. The van der Waals surface area contributed by atoms with Crippen LogP contribution in [0.15, 0.2) is 84.9 Å². The molecular weight excluding hydrogens is 474 g/mol. The molecule has 37 heavy (non-hydrogen) atoms. The number of rotatable bonds is 11. The van der Waals surface area contributed by atoms with Gasteiger partial charge in [0.15, 0.2) is 6.04 Å². The number of nitrogens with one attached hydrogen (secondary N) is 3. The van der Waals surface area contributed by atoms with Gasteiger partial charge in [0.25, 0.3) is 5.91 Å². The van der Waals surface area contributed by atoms with Crippen LogP contribution >= 0.6 is 0 Å². The predicted octanol–water partition coefficient (Wildman–Crippen LogP) is 2.06. The Morgan fingerprint density at radius 3 is 2.11 bits per heavy atom. The lowest BCUT2D eigenvalue weighted by Crippen LogP contribution is -2.72. The minimum atomic E-state index is -1.07. The number of ether oxygens (including phenoxy) is 1. The Labute approximate surface area is 213 Å². The molecule has 0 saturated carbocycles. The van der Waals surface area contributed by atoms with Crippen LogP contribution in [0.3, 0.4) is 0 Å². The molecule has 0 radical (unpaired) electrons. The van der Waals surface area contributed by atoms with Crippen LogP contribution in [0.5, 0.6) is 5.75 Å². The van der Waals surface area contributed by atoms with E-state index in [9.17, 15) is 19.2 Å². The Morgan fingerprint density at radius 2 is 1.51 bits per heavy atom. The largest absolute Gasteiger partial charge is 0.478 e. The Kier molecular flexibility index (Phi) is 8.15. The zero-order valence-electron chi connectivity index (χ0n) is 19.9. The Balaban J connectivity index is 1.39. The van der Waals surface area contributed by atoms with Crippen molar-refractivity contribution in [3.8, 4) is 5.75 Å². The molecule has 190 valence electrons. The van der Waals surface area contributed by atoms with E-state index in [0.29, 0.717) is 12.2 Å². The van der Waals surface area contributed by atoms with Crippen molar-refractivity contribution < 1.29 is 29.0 Å². The molecule has 3 atom stereocenters. The van der Waals surface area contributed by atoms with Crippen molar-refractivity contribution in [2.45, 2.75) is 37.6 Å². The maximum absolute atomic E-state index is 13.2. The minimum Gasteiger partial charge on any atom is -0.478 e. The first kappa shape index (κ1) is 25.4. The zero-order chi connectivity index (χ0) is 26.2. The van der Waals surface area contributed by atoms with E-state index in [1.54, 1.807) is 0 Å². The third kappa shape index (κ3) is 6.94. The molecule has 1 heterocycles. The molecule has 4 rings (SSSR count). The van der Waals surface area contributed by atoms with Crippen molar-refractivity contribution in [2.75, 3.05) is 0 Å². The van der Waals surface area contributed by atoms with Gasteiger partial charge >= 0.3 is 5.97 Å². The third-order valence-corrected chi connectivity index (χ3v) is 5.95. The molecule has 1 saturated heterocycles. The highest BCUT2D eigenvalue weighted by atomic mass is 16.5. The van der Waals surface area contributed by atoms with Gasteiger partial charge in [-0.05, 0) is 41.8 Å². The fourth-order valence-electron chi connectivity index (χ4n) is 3.90. The SMILES string of the molecule is O=C(CCc1ccccc1)N[C@@H](Cc1ccccc1)C(=O)N[C@@H]1C(=O)N[C@H]1Oc1ccc(C(=O)O)cc1. The topological polar surface area (TPSA) is 134 Å². The number of carbonyl (C=O) groups is 4. The summed E-state index contributed by atoms with van der Waals surface area (Å²) in [6, 6.07) is 22.7. The van der Waals surface area contributed by atoms with E-state index in [2.05, 4.69) is 16.0 Å². The highest BCUT2D eigenvalue weighted by Gasteiger charge is 2.43. The van der Waals surface area contributed by atoms with E-state index in [4.69, 9.17) is 9.84 Å². The third-order valence-electron chi connectivity index (χ3n) is 5.95. The maximum atomic E-state index is 13.2. The van der Waals surface area contributed by atoms with Crippen LogP contribution in [0.1, 0.15) is 27.9 Å². The van der Waals surface area contributed by atoms with Crippen molar-refractivity contribution in [1.29, 1.82) is 0 Å². The maximum Gasteiger partial charge on any atom is 0.335 e. The van der Waals surface area contributed by atoms with Gasteiger partial charge in [0.05, 0.1) is 5.56 Å². The second-order valence-electron chi connectivity index (χ2n) is 8.66. The summed E-state index contributed by atoms with van der Waals surface area (Å²) in [5.74, 6) is -1.93. The molecule has 1 aliphatic rings. The van der Waals surface area contributed by atoms with Gasteiger partial charge in [-0.1, -0.05) is 60.7 Å². The Bertz CT molecular complexity index is 1250. The van der Waals surface area contributed by atoms with Gasteiger partial charge in [0.1, 0.15) is 11.8 Å². The number of amides is 3. The molecule has 9 nitrogen and oxygen atoms in total. The van der Waals surface area contributed by atoms with E-state index < -0.39 is 36.1 Å². The first-order valence-corrected chi connectivity index (χ1v) is 11.9. The van der Waals surface area contributed by atoms with Crippen molar-refractivity contribution >= 4 is 23.7 Å². The summed E-state index contributed by atoms with van der Waals surface area (Å²) in [5.41, 5.74) is 1.97. The van der Waals surface area contributed by atoms with Gasteiger partial charge in [0, 0.05) is 12.8 Å².